The topological polar surface area (TPSA) is 111 Å². The predicted molar refractivity (Wildman–Crippen MR) is 190 cm³/mol. The molecule has 7 heterocycles. The molecule has 2 saturated heterocycles. The van der Waals surface area contributed by atoms with E-state index in [1.807, 2.05) is 119 Å². The molecule has 2 aliphatic rings. The molecule has 4 bridgehead atoms. The Morgan fingerprint density at radius 3 is 1.45 bits per heavy atom. The molecule has 0 radical (unpaired) electrons. The van der Waals surface area contributed by atoms with Gasteiger partial charge < -0.3 is 14.0 Å². The van der Waals surface area contributed by atoms with Gasteiger partial charge in [-0.2, -0.15) is 0 Å². The summed E-state index contributed by atoms with van der Waals surface area (Å²) in [6, 6.07) is 32.5. The Balaban J connectivity index is 1.19. The summed E-state index contributed by atoms with van der Waals surface area (Å²) in [6.45, 7) is 0.895. The first-order chi connectivity index (χ1) is 25.0. The Morgan fingerprint density at radius 1 is 0.608 bits per heavy atom. The molecule has 51 heavy (non-hydrogen) atoms. The number of oxazole rings is 1. The number of rotatable bonds is 10. The van der Waals surface area contributed by atoms with Gasteiger partial charge in [-0.15, -0.1) is 0 Å². The summed E-state index contributed by atoms with van der Waals surface area (Å²) in [6.07, 6.45) is 5.63. The first-order valence-corrected chi connectivity index (χ1v) is 17.4. The summed E-state index contributed by atoms with van der Waals surface area (Å²) < 4.78 is 10.2. The monoisotopic (exact) mass is 677 g/mol. The highest BCUT2D eigenvalue weighted by atomic mass is 16.4. The van der Waals surface area contributed by atoms with Crippen LogP contribution in [0.5, 0.6) is 0 Å². The van der Waals surface area contributed by atoms with Crippen LogP contribution in [0, 0.1) is 0 Å². The number of aldehydes is 2. The fourth-order valence-electron chi connectivity index (χ4n) is 8.75. The lowest BCUT2D eigenvalue weighted by atomic mass is 9.86. The Hall–Kier alpha value is -5.71. The Bertz CT molecular complexity index is 2100. The maximum Gasteiger partial charge on any atom is 0.248 e. The summed E-state index contributed by atoms with van der Waals surface area (Å²) in [7, 11) is 0. The van der Waals surface area contributed by atoms with Crippen molar-refractivity contribution in [2.75, 3.05) is 13.1 Å². The van der Waals surface area contributed by atoms with Crippen LogP contribution in [0.1, 0.15) is 58.1 Å². The molecule has 10 heteroatoms. The van der Waals surface area contributed by atoms with Crippen molar-refractivity contribution in [3.8, 4) is 0 Å². The van der Waals surface area contributed by atoms with Gasteiger partial charge in [-0.25, -0.2) is 4.98 Å². The van der Waals surface area contributed by atoms with Crippen LogP contribution in [0.3, 0.4) is 0 Å². The predicted octanol–water partition coefficient (Wildman–Crippen LogP) is 5.95. The Morgan fingerprint density at radius 2 is 1.02 bits per heavy atom. The highest BCUT2D eigenvalue weighted by Crippen LogP contribution is 2.45. The number of nitrogens with zero attached hydrogens (tertiary/aromatic N) is 5. The summed E-state index contributed by atoms with van der Waals surface area (Å²) in [5, 5.41) is 0. The fraction of sp³-hybridized carbons (Fsp3) is 0.244. The molecular weight excluding hydrogens is 642 g/mol. The fourth-order valence-corrected chi connectivity index (χ4v) is 8.75. The van der Waals surface area contributed by atoms with E-state index in [0.29, 0.717) is 49.9 Å². The molecule has 0 saturated carbocycles. The van der Waals surface area contributed by atoms with E-state index in [4.69, 9.17) is 9.40 Å². The van der Waals surface area contributed by atoms with E-state index >= 15 is 0 Å². The molecule has 5 aromatic heterocycles. The van der Waals surface area contributed by atoms with E-state index < -0.39 is 23.2 Å². The third-order valence-electron chi connectivity index (χ3n) is 11.1. The Kier molecular flexibility index (Phi) is 7.34. The molecule has 10 nitrogen and oxygen atoms in total. The minimum absolute atomic E-state index is 0.0562. The lowest BCUT2D eigenvalue weighted by Crippen LogP contribution is -2.54. The lowest BCUT2D eigenvalue weighted by molar-refractivity contribution is -0.118. The quantitative estimate of drug-likeness (QED) is 0.163. The molecule has 9 rings (SSSR count). The molecule has 2 aromatic carbocycles. The van der Waals surface area contributed by atoms with Crippen molar-refractivity contribution in [3.05, 3.63) is 138 Å². The molecule has 7 aromatic rings. The van der Waals surface area contributed by atoms with Crippen LogP contribution in [0.2, 0.25) is 0 Å². The largest absolute Gasteiger partial charge is 0.440 e. The second-order valence-corrected chi connectivity index (χ2v) is 13.6. The van der Waals surface area contributed by atoms with Crippen LogP contribution < -0.4 is 0 Å². The van der Waals surface area contributed by atoms with Crippen molar-refractivity contribution in [3.63, 3.8) is 0 Å². The lowest BCUT2D eigenvalue weighted by Gasteiger charge is -2.40. The SMILES string of the molecule is O=CC(c1ccccc1)(c1cnc([C@](C=O)(c2ccccc2)N2CCCC2C(=O)n2c3ccc2cc3)o1)N1CCCC1C(=O)n1c2ccc1cc2. The van der Waals surface area contributed by atoms with E-state index in [9.17, 15) is 19.2 Å². The zero-order valence-electron chi connectivity index (χ0n) is 27.8. The van der Waals surface area contributed by atoms with Crippen LogP contribution >= 0.6 is 0 Å². The summed E-state index contributed by atoms with van der Waals surface area (Å²) >= 11 is 0. The molecule has 0 spiro atoms. The van der Waals surface area contributed by atoms with Crippen LogP contribution in [-0.2, 0) is 20.7 Å². The minimum atomic E-state index is -1.59. The van der Waals surface area contributed by atoms with E-state index in [1.165, 1.54) is 6.20 Å². The van der Waals surface area contributed by atoms with Crippen molar-refractivity contribution in [1.29, 1.82) is 0 Å². The molecule has 4 atom stereocenters. The normalized spacial score (nSPS) is 20.9. The van der Waals surface area contributed by atoms with Crippen molar-refractivity contribution < 1.29 is 23.6 Å². The highest BCUT2D eigenvalue weighted by Gasteiger charge is 2.55. The van der Waals surface area contributed by atoms with Gasteiger partial charge in [0.25, 0.3) is 0 Å². The third kappa shape index (κ3) is 4.46. The van der Waals surface area contributed by atoms with Gasteiger partial charge >= 0.3 is 0 Å². The van der Waals surface area contributed by atoms with Crippen LogP contribution in [0.4, 0.5) is 0 Å². The smallest absolute Gasteiger partial charge is 0.248 e. The summed E-state index contributed by atoms with van der Waals surface area (Å²) in [5.41, 5.74) is 1.30. The second-order valence-electron chi connectivity index (χ2n) is 13.6. The number of fused-ring (bicyclic) bond motifs is 4. The maximum absolute atomic E-state index is 14.3. The van der Waals surface area contributed by atoms with Gasteiger partial charge in [0.1, 0.15) is 0 Å². The number of likely N-dealkylation sites (tertiary alicyclic amines) is 2. The number of carbonyl (C=O) groups is 4. The number of hydrogen-bond donors (Lipinski definition) is 0. The summed E-state index contributed by atoms with van der Waals surface area (Å²) in [5.74, 6) is 0.0123. The van der Waals surface area contributed by atoms with Crippen LogP contribution in [-0.4, -0.2) is 73.5 Å². The van der Waals surface area contributed by atoms with E-state index in [1.54, 1.807) is 9.13 Å². The van der Waals surface area contributed by atoms with Crippen molar-refractivity contribution in [1.82, 2.24) is 23.9 Å². The van der Waals surface area contributed by atoms with E-state index in [0.717, 1.165) is 34.6 Å². The Labute approximate surface area is 293 Å². The number of hydrogen-bond acceptors (Lipinski definition) is 8. The van der Waals surface area contributed by atoms with Gasteiger partial charge in [-0.1, -0.05) is 60.7 Å². The molecule has 0 N–H and O–H groups in total. The molecule has 254 valence electrons. The van der Waals surface area contributed by atoms with Crippen molar-refractivity contribution >= 4 is 46.5 Å². The number of benzene rings is 4. The highest BCUT2D eigenvalue weighted by molar-refractivity contribution is 5.97. The molecule has 3 unspecified atom stereocenters. The number of carbonyl (C=O) groups excluding carboxylic acids is 4. The van der Waals surface area contributed by atoms with Gasteiger partial charge in [0.2, 0.25) is 17.7 Å². The molecular formula is C41H35N5O5. The zero-order chi connectivity index (χ0) is 34.7. The van der Waals surface area contributed by atoms with Gasteiger partial charge in [-0.3, -0.25) is 28.5 Å². The zero-order valence-corrected chi connectivity index (χ0v) is 27.8. The van der Waals surface area contributed by atoms with Crippen LogP contribution in [0.25, 0.3) is 22.1 Å². The third-order valence-corrected chi connectivity index (χ3v) is 11.1. The first kappa shape index (κ1) is 31.3. The summed E-state index contributed by atoms with van der Waals surface area (Å²) in [4.78, 5) is 64.8. The van der Waals surface area contributed by atoms with Gasteiger partial charge in [-0.05, 0) is 85.3 Å². The average molecular weight is 678 g/mol. The van der Waals surface area contributed by atoms with E-state index in [2.05, 4.69) is 0 Å². The average Bonchev–Trinajstić information content (AvgIpc) is 4.04. The maximum atomic E-state index is 14.3. The molecule has 0 aliphatic carbocycles. The van der Waals surface area contributed by atoms with Crippen molar-refractivity contribution in [2.24, 2.45) is 0 Å². The minimum Gasteiger partial charge on any atom is -0.440 e. The van der Waals surface area contributed by atoms with Gasteiger partial charge in [0, 0.05) is 35.2 Å². The second kappa shape index (κ2) is 12.0. The first-order valence-electron chi connectivity index (χ1n) is 17.4. The van der Waals surface area contributed by atoms with E-state index in [-0.39, 0.29) is 23.5 Å². The van der Waals surface area contributed by atoms with Gasteiger partial charge in [0.05, 0.1) is 18.3 Å². The van der Waals surface area contributed by atoms with Gasteiger partial charge in [0.15, 0.2) is 29.4 Å². The van der Waals surface area contributed by atoms with Crippen molar-refractivity contribution in [2.45, 2.75) is 48.8 Å². The van der Waals surface area contributed by atoms with Crippen LogP contribution in [0.15, 0.2) is 120 Å². The molecule has 2 aliphatic heterocycles. The standard InChI is InChI=1S/C41H35N5O5/c47-26-40(28-9-3-1-4-10-28,43-23-7-13-34(43)37(49)45-30-15-16-31(45)18-17-30)36-25-42-39(51-36)41(27-48,29-11-5-2-6-12-29)44-24-8-14-35(44)38(50)46-32-19-20-33(46)22-21-32/h1-6,9-12,15-22,25-27,34-35H,7-8,13-14,23-24H2/t34?,35?,40?,41-/m0/s1. The molecule has 2 fully saturated rings. The number of aromatic nitrogens is 3. The molecule has 0 amide bonds.